The van der Waals surface area contributed by atoms with E-state index in [0.29, 0.717) is 5.41 Å². The summed E-state index contributed by atoms with van der Waals surface area (Å²) in [5, 5.41) is 3.51. The van der Waals surface area contributed by atoms with Crippen LogP contribution in [-0.2, 0) is 5.41 Å². The molecule has 1 saturated carbocycles. The topological polar surface area (TPSA) is 12.0 Å². The molecule has 0 spiro atoms. The molecule has 1 aromatic rings. The second kappa shape index (κ2) is 4.81. The molecular weight excluding hydrogens is 206 g/mol. The monoisotopic (exact) mass is 229 g/mol. The third-order valence-electron chi connectivity index (χ3n) is 4.79. The van der Waals surface area contributed by atoms with Crippen LogP contribution in [0.5, 0.6) is 0 Å². The Labute approximate surface area is 105 Å². The quantitative estimate of drug-likeness (QED) is 0.836. The van der Waals surface area contributed by atoms with Crippen LogP contribution in [0.2, 0.25) is 0 Å². The van der Waals surface area contributed by atoms with Gasteiger partial charge in [-0.3, -0.25) is 0 Å². The van der Waals surface area contributed by atoms with Crippen LogP contribution in [0.25, 0.3) is 0 Å². The Morgan fingerprint density at radius 3 is 2.53 bits per heavy atom. The van der Waals surface area contributed by atoms with Gasteiger partial charge in [-0.25, -0.2) is 0 Å². The Kier molecular flexibility index (Phi) is 3.19. The van der Waals surface area contributed by atoms with Gasteiger partial charge in [0.15, 0.2) is 0 Å². The second-order valence-corrected chi connectivity index (χ2v) is 5.92. The Balaban J connectivity index is 1.82. The highest BCUT2D eigenvalue weighted by Crippen LogP contribution is 2.46. The summed E-state index contributed by atoms with van der Waals surface area (Å²) in [6, 6.07) is 11.3. The molecule has 1 aliphatic carbocycles. The van der Waals surface area contributed by atoms with E-state index >= 15 is 0 Å². The maximum absolute atomic E-state index is 3.51. The van der Waals surface area contributed by atoms with Gasteiger partial charge in [0.1, 0.15) is 0 Å². The average Bonchev–Trinajstić information content (AvgIpc) is 3.03. The lowest BCUT2D eigenvalue weighted by Crippen LogP contribution is -2.26. The molecule has 1 saturated heterocycles. The fourth-order valence-corrected chi connectivity index (χ4v) is 3.90. The van der Waals surface area contributed by atoms with Gasteiger partial charge in [0.05, 0.1) is 0 Å². The van der Waals surface area contributed by atoms with E-state index in [9.17, 15) is 0 Å². The van der Waals surface area contributed by atoms with Crippen LogP contribution in [0, 0.1) is 5.92 Å². The first-order chi connectivity index (χ1) is 8.39. The van der Waals surface area contributed by atoms with Crippen molar-refractivity contribution in [3.63, 3.8) is 0 Å². The van der Waals surface area contributed by atoms with E-state index in [4.69, 9.17) is 0 Å². The molecule has 1 aliphatic heterocycles. The Morgan fingerprint density at radius 2 is 1.88 bits per heavy atom. The highest BCUT2D eigenvalue weighted by Gasteiger charge is 2.37. The van der Waals surface area contributed by atoms with Crippen molar-refractivity contribution >= 4 is 0 Å². The van der Waals surface area contributed by atoms with Crippen molar-refractivity contribution in [3.05, 3.63) is 35.9 Å². The molecule has 1 heterocycles. The Morgan fingerprint density at radius 1 is 1.12 bits per heavy atom. The van der Waals surface area contributed by atoms with Crippen LogP contribution in [-0.4, -0.2) is 13.1 Å². The molecule has 3 rings (SSSR count). The minimum atomic E-state index is 0.512. The van der Waals surface area contributed by atoms with Crippen molar-refractivity contribution in [3.8, 4) is 0 Å². The maximum atomic E-state index is 3.51. The van der Waals surface area contributed by atoms with E-state index in [0.717, 1.165) is 5.92 Å². The molecule has 1 heteroatoms. The predicted molar refractivity (Wildman–Crippen MR) is 72.2 cm³/mol. The summed E-state index contributed by atoms with van der Waals surface area (Å²) in [5.74, 6) is 0.910. The summed E-state index contributed by atoms with van der Waals surface area (Å²) in [7, 11) is 0. The van der Waals surface area contributed by atoms with E-state index in [-0.39, 0.29) is 0 Å². The van der Waals surface area contributed by atoms with Crippen molar-refractivity contribution < 1.29 is 0 Å². The Bertz CT molecular complexity index is 345. The first kappa shape index (κ1) is 11.3. The Hall–Kier alpha value is -0.820. The van der Waals surface area contributed by atoms with Gasteiger partial charge in [-0.1, -0.05) is 43.2 Å². The molecular formula is C16H23N. The zero-order valence-electron chi connectivity index (χ0n) is 10.6. The van der Waals surface area contributed by atoms with Gasteiger partial charge in [-0.05, 0) is 55.7 Å². The zero-order valence-corrected chi connectivity index (χ0v) is 10.6. The average molecular weight is 229 g/mol. The fourth-order valence-electron chi connectivity index (χ4n) is 3.90. The predicted octanol–water partition coefficient (Wildman–Crippen LogP) is 3.50. The smallest absolute Gasteiger partial charge is 0.00197 e. The minimum absolute atomic E-state index is 0.512. The molecule has 92 valence electrons. The third kappa shape index (κ3) is 2.26. The standard InChI is InChI=1S/C16H23N/c1-2-6-15(7-3-1)16(9-4-5-10-16)12-14-8-11-17-13-14/h1-3,6-7,14,17H,4-5,8-13H2. The molecule has 2 fully saturated rings. The summed E-state index contributed by atoms with van der Waals surface area (Å²) in [6.07, 6.45) is 8.46. The summed E-state index contributed by atoms with van der Waals surface area (Å²) < 4.78 is 0. The molecule has 1 aromatic carbocycles. The van der Waals surface area contributed by atoms with E-state index < -0.39 is 0 Å². The van der Waals surface area contributed by atoms with Crippen LogP contribution in [0.4, 0.5) is 0 Å². The van der Waals surface area contributed by atoms with Gasteiger partial charge in [0, 0.05) is 0 Å². The largest absolute Gasteiger partial charge is 0.316 e. The number of rotatable bonds is 3. The van der Waals surface area contributed by atoms with Crippen LogP contribution >= 0.6 is 0 Å². The summed E-state index contributed by atoms with van der Waals surface area (Å²) in [4.78, 5) is 0. The molecule has 1 nitrogen and oxygen atoms in total. The van der Waals surface area contributed by atoms with E-state index in [2.05, 4.69) is 35.6 Å². The number of benzene rings is 1. The minimum Gasteiger partial charge on any atom is -0.316 e. The van der Waals surface area contributed by atoms with Crippen molar-refractivity contribution in [2.45, 2.75) is 43.9 Å². The van der Waals surface area contributed by atoms with Gasteiger partial charge < -0.3 is 5.32 Å². The summed E-state index contributed by atoms with van der Waals surface area (Å²) in [5.41, 5.74) is 2.11. The molecule has 0 aromatic heterocycles. The molecule has 0 radical (unpaired) electrons. The molecule has 17 heavy (non-hydrogen) atoms. The normalized spacial score (nSPS) is 27.4. The fraction of sp³-hybridized carbons (Fsp3) is 0.625. The summed E-state index contributed by atoms with van der Waals surface area (Å²) in [6.45, 7) is 2.48. The first-order valence-corrected chi connectivity index (χ1v) is 7.15. The van der Waals surface area contributed by atoms with Crippen LogP contribution < -0.4 is 5.32 Å². The van der Waals surface area contributed by atoms with Gasteiger partial charge in [0.25, 0.3) is 0 Å². The first-order valence-electron chi connectivity index (χ1n) is 7.15. The zero-order chi connectivity index (χ0) is 11.6. The highest BCUT2D eigenvalue weighted by atomic mass is 14.9. The summed E-state index contributed by atoms with van der Waals surface area (Å²) >= 11 is 0. The van der Waals surface area contributed by atoms with Crippen LogP contribution in [0.15, 0.2) is 30.3 Å². The SMILES string of the molecule is c1ccc(C2(CC3CCNC3)CCCC2)cc1. The van der Waals surface area contributed by atoms with Gasteiger partial charge in [-0.15, -0.1) is 0 Å². The number of hydrogen-bond acceptors (Lipinski definition) is 1. The van der Waals surface area contributed by atoms with Crippen molar-refractivity contribution in [2.24, 2.45) is 5.92 Å². The van der Waals surface area contributed by atoms with Gasteiger partial charge in [0.2, 0.25) is 0 Å². The van der Waals surface area contributed by atoms with E-state index in [1.54, 1.807) is 5.56 Å². The lowest BCUT2D eigenvalue weighted by Gasteiger charge is -2.32. The molecule has 1 atom stereocenters. The van der Waals surface area contributed by atoms with Crippen molar-refractivity contribution in [2.75, 3.05) is 13.1 Å². The van der Waals surface area contributed by atoms with Gasteiger partial charge in [-0.2, -0.15) is 0 Å². The van der Waals surface area contributed by atoms with Crippen molar-refractivity contribution in [1.29, 1.82) is 0 Å². The number of nitrogens with one attached hydrogen (secondary N) is 1. The van der Waals surface area contributed by atoms with E-state index in [1.165, 1.54) is 51.6 Å². The second-order valence-electron chi connectivity index (χ2n) is 5.92. The van der Waals surface area contributed by atoms with Crippen molar-refractivity contribution in [1.82, 2.24) is 5.32 Å². The maximum Gasteiger partial charge on any atom is -0.00197 e. The number of hydrogen-bond donors (Lipinski definition) is 1. The molecule has 0 amide bonds. The molecule has 2 aliphatic rings. The highest BCUT2D eigenvalue weighted by molar-refractivity contribution is 5.26. The van der Waals surface area contributed by atoms with Gasteiger partial charge >= 0.3 is 0 Å². The molecule has 0 bridgehead atoms. The lowest BCUT2D eigenvalue weighted by molar-refractivity contribution is 0.332. The van der Waals surface area contributed by atoms with Crippen LogP contribution in [0.1, 0.15) is 44.1 Å². The van der Waals surface area contributed by atoms with E-state index in [1.807, 2.05) is 0 Å². The lowest BCUT2D eigenvalue weighted by atomic mass is 9.72. The van der Waals surface area contributed by atoms with Crippen LogP contribution in [0.3, 0.4) is 0 Å². The molecule has 1 unspecified atom stereocenters. The molecule has 1 N–H and O–H groups in total. The third-order valence-corrected chi connectivity index (χ3v) is 4.79.